The molecule has 2 rings (SSSR count). The van der Waals surface area contributed by atoms with Crippen LogP contribution in [0.15, 0.2) is 17.3 Å². The first-order chi connectivity index (χ1) is 12.4. The summed E-state index contributed by atoms with van der Waals surface area (Å²) < 4.78 is 1.97. The Bertz CT molecular complexity index is 805. The van der Waals surface area contributed by atoms with Crippen LogP contribution in [0.25, 0.3) is 0 Å². The van der Waals surface area contributed by atoms with Crippen molar-refractivity contribution in [2.24, 2.45) is 0 Å². The molecule has 1 amide bonds. The van der Waals surface area contributed by atoms with Crippen molar-refractivity contribution in [1.82, 2.24) is 14.8 Å². The highest BCUT2D eigenvalue weighted by molar-refractivity contribution is 7.99. The number of amides is 1. The Kier molecular flexibility index (Phi) is 7.24. The second kappa shape index (κ2) is 9.20. The molecule has 2 aromatic rings. The number of hydrogen-bond donors (Lipinski definition) is 1. The highest BCUT2D eigenvalue weighted by atomic mass is 35.5. The van der Waals surface area contributed by atoms with Crippen molar-refractivity contribution in [3.8, 4) is 0 Å². The number of carbonyl (C=O) groups excluding carboxylic acids is 1. The quantitative estimate of drug-likeness (QED) is 0.392. The highest BCUT2D eigenvalue weighted by Gasteiger charge is 2.18. The molecule has 11 heteroatoms. The number of anilines is 1. The molecule has 26 heavy (non-hydrogen) atoms. The Hall–Kier alpha value is -1.84. The van der Waals surface area contributed by atoms with E-state index in [1.165, 1.54) is 11.8 Å². The van der Waals surface area contributed by atoms with Crippen LogP contribution in [0.1, 0.15) is 26.1 Å². The van der Waals surface area contributed by atoms with Gasteiger partial charge in [-0.1, -0.05) is 41.9 Å². The number of nitro benzene ring substituents is 1. The SMILES string of the molecule is CCCc1nnc(SCC(=O)Nc2c(Cl)cc([N+](=O)[O-])cc2Cl)n1CC. The van der Waals surface area contributed by atoms with E-state index in [0.29, 0.717) is 11.7 Å². The zero-order valence-electron chi connectivity index (χ0n) is 14.2. The lowest BCUT2D eigenvalue weighted by molar-refractivity contribution is -0.384. The van der Waals surface area contributed by atoms with Crippen molar-refractivity contribution in [2.75, 3.05) is 11.1 Å². The molecule has 0 aliphatic heterocycles. The van der Waals surface area contributed by atoms with Gasteiger partial charge in [0.25, 0.3) is 5.69 Å². The summed E-state index contributed by atoms with van der Waals surface area (Å²) in [6.45, 7) is 4.77. The second-order valence-electron chi connectivity index (χ2n) is 5.27. The van der Waals surface area contributed by atoms with Crippen LogP contribution in [0.5, 0.6) is 0 Å². The van der Waals surface area contributed by atoms with Gasteiger partial charge in [0, 0.05) is 25.1 Å². The van der Waals surface area contributed by atoms with Crippen molar-refractivity contribution in [1.29, 1.82) is 0 Å². The van der Waals surface area contributed by atoms with Gasteiger partial charge in [0.05, 0.1) is 26.4 Å². The molecular formula is C15H17Cl2N5O3S. The number of aryl methyl sites for hydroxylation is 1. The Labute approximate surface area is 164 Å². The Morgan fingerprint density at radius 2 is 1.96 bits per heavy atom. The number of benzene rings is 1. The predicted molar refractivity (Wildman–Crippen MR) is 102 cm³/mol. The van der Waals surface area contributed by atoms with Crippen LogP contribution < -0.4 is 5.32 Å². The van der Waals surface area contributed by atoms with Gasteiger partial charge in [0.15, 0.2) is 5.16 Å². The first kappa shape index (κ1) is 20.5. The van der Waals surface area contributed by atoms with E-state index in [9.17, 15) is 14.9 Å². The molecule has 1 aromatic carbocycles. The number of thioether (sulfide) groups is 1. The number of nitro groups is 1. The molecule has 0 radical (unpaired) electrons. The minimum Gasteiger partial charge on any atom is -0.323 e. The van der Waals surface area contributed by atoms with Crippen molar-refractivity contribution in [3.05, 3.63) is 38.1 Å². The third-order valence-electron chi connectivity index (χ3n) is 3.42. The van der Waals surface area contributed by atoms with E-state index in [-0.39, 0.29) is 33.1 Å². The average Bonchev–Trinajstić information content (AvgIpc) is 2.98. The smallest absolute Gasteiger partial charge is 0.272 e. The zero-order chi connectivity index (χ0) is 19.3. The fraction of sp³-hybridized carbons (Fsp3) is 0.400. The highest BCUT2D eigenvalue weighted by Crippen LogP contribution is 2.34. The van der Waals surface area contributed by atoms with Crippen molar-refractivity contribution < 1.29 is 9.72 Å². The first-order valence-corrected chi connectivity index (χ1v) is 9.59. The van der Waals surface area contributed by atoms with Gasteiger partial charge in [-0.3, -0.25) is 14.9 Å². The summed E-state index contributed by atoms with van der Waals surface area (Å²) in [4.78, 5) is 22.4. The lowest BCUT2D eigenvalue weighted by Gasteiger charge is -2.10. The van der Waals surface area contributed by atoms with Gasteiger partial charge < -0.3 is 9.88 Å². The average molecular weight is 418 g/mol. The Morgan fingerprint density at radius 3 is 2.50 bits per heavy atom. The summed E-state index contributed by atoms with van der Waals surface area (Å²) in [6, 6.07) is 2.28. The number of non-ortho nitro benzene ring substituents is 1. The second-order valence-corrected chi connectivity index (χ2v) is 7.03. The third-order valence-corrected chi connectivity index (χ3v) is 4.98. The fourth-order valence-electron chi connectivity index (χ4n) is 2.24. The maximum Gasteiger partial charge on any atom is 0.272 e. The number of aromatic nitrogens is 3. The third kappa shape index (κ3) is 4.87. The molecule has 0 saturated heterocycles. The summed E-state index contributed by atoms with van der Waals surface area (Å²) >= 11 is 13.2. The van der Waals surface area contributed by atoms with Gasteiger partial charge in [-0.05, 0) is 13.3 Å². The standard InChI is InChI=1S/C15H17Cl2N5O3S/c1-3-5-12-19-20-15(21(12)4-2)26-8-13(23)18-14-10(16)6-9(22(24)25)7-11(14)17/h6-7H,3-5,8H2,1-2H3,(H,18,23). The number of carbonyl (C=O) groups is 1. The number of hydrogen-bond acceptors (Lipinski definition) is 6. The molecule has 1 aromatic heterocycles. The molecule has 0 saturated carbocycles. The molecule has 0 bridgehead atoms. The van der Waals surface area contributed by atoms with E-state index in [2.05, 4.69) is 22.4 Å². The predicted octanol–water partition coefficient (Wildman–Crippen LogP) is 4.20. The van der Waals surface area contributed by atoms with E-state index in [1.807, 2.05) is 11.5 Å². The van der Waals surface area contributed by atoms with Gasteiger partial charge in [-0.25, -0.2) is 0 Å². The summed E-state index contributed by atoms with van der Waals surface area (Å²) in [5.74, 6) is 0.614. The van der Waals surface area contributed by atoms with E-state index < -0.39 is 4.92 Å². The van der Waals surface area contributed by atoms with Crippen LogP contribution in [0, 0.1) is 10.1 Å². The minimum atomic E-state index is -0.606. The Morgan fingerprint density at radius 1 is 1.31 bits per heavy atom. The van der Waals surface area contributed by atoms with Crippen LogP contribution in [-0.4, -0.2) is 31.3 Å². The lowest BCUT2D eigenvalue weighted by Crippen LogP contribution is -2.15. The number of nitrogens with one attached hydrogen (secondary N) is 1. The van der Waals surface area contributed by atoms with Gasteiger partial charge in [-0.2, -0.15) is 0 Å². The molecule has 0 aliphatic rings. The lowest BCUT2D eigenvalue weighted by atomic mass is 10.3. The van der Waals surface area contributed by atoms with E-state index >= 15 is 0 Å². The summed E-state index contributed by atoms with van der Waals surface area (Å²) in [7, 11) is 0. The molecule has 140 valence electrons. The normalized spacial score (nSPS) is 10.8. The van der Waals surface area contributed by atoms with Crippen molar-refractivity contribution in [2.45, 2.75) is 38.4 Å². The number of halogens is 2. The summed E-state index contributed by atoms with van der Waals surface area (Å²) in [6.07, 6.45) is 1.78. The van der Waals surface area contributed by atoms with Crippen molar-refractivity contribution in [3.63, 3.8) is 0 Å². The molecule has 0 unspecified atom stereocenters. The maximum absolute atomic E-state index is 12.2. The van der Waals surface area contributed by atoms with E-state index in [0.717, 1.165) is 30.8 Å². The maximum atomic E-state index is 12.2. The summed E-state index contributed by atoms with van der Waals surface area (Å²) in [5, 5.41) is 22.3. The van der Waals surface area contributed by atoms with Gasteiger partial charge in [-0.15, -0.1) is 10.2 Å². The van der Waals surface area contributed by atoms with Crippen LogP contribution in [0.3, 0.4) is 0 Å². The van der Waals surface area contributed by atoms with Crippen LogP contribution >= 0.6 is 35.0 Å². The van der Waals surface area contributed by atoms with E-state index in [1.54, 1.807) is 0 Å². The van der Waals surface area contributed by atoms with Gasteiger partial charge in [0.1, 0.15) is 5.82 Å². The summed E-state index contributed by atoms with van der Waals surface area (Å²) in [5.41, 5.74) is -0.0972. The monoisotopic (exact) mass is 417 g/mol. The molecule has 1 heterocycles. The largest absolute Gasteiger partial charge is 0.323 e. The fourth-order valence-corrected chi connectivity index (χ4v) is 3.63. The van der Waals surface area contributed by atoms with Crippen LogP contribution in [0.4, 0.5) is 11.4 Å². The van der Waals surface area contributed by atoms with Crippen LogP contribution in [0.2, 0.25) is 10.0 Å². The van der Waals surface area contributed by atoms with E-state index in [4.69, 9.17) is 23.2 Å². The molecule has 0 aliphatic carbocycles. The Balaban J connectivity index is 2.05. The molecule has 0 spiro atoms. The zero-order valence-corrected chi connectivity index (χ0v) is 16.5. The molecule has 1 N–H and O–H groups in total. The van der Waals surface area contributed by atoms with Crippen LogP contribution in [-0.2, 0) is 17.8 Å². The molecule has 0 fully saturated rings. The molecule has 0 atom stereocenters. The topological polar surface area (TPSA) is 103 Å². The van der Waals surface area contributed by atoms with Gasteiger partial charge in [0.2, 0.25) is 5.91 Å². The number of rotatable bonds is 8. The first-order valence-electron chi connectivity index (χ1n) is 7.85. The number of nitrogens with zero attached hydrogens (tertiary/aromatic N) is 4. The molecule has 8 nitrogen and oxygen atoms in total. The molecular weight excluding hydrogens is 401 g/mol. The van der Waals surface area contributed by atoms with Gasteiger partial charge >= 0.3 is 0 Å². The van der Waals surface area contributed by atoms with Crippen molar-refractivity contribution >= 4 is 52.2 Å². The minimum absolute atomic E-state index is 0.00417.